The smallest absolute Gasteiger partial charge is 0.271 e. The van der Waals surface area contributed by atoms with E-state index in [1.807, 2.05) is 20.8 Å². The molecule has 1 N–H and O–H groups in total. The second-order valence-corrected chi connectivity index (χ2v) is 4.25. The van der Waals surface area contributed by atoms with Gasteiger partial charge in [-0.3, -0.25) is 9.78 Å². The van der Waals surface area contributed by atoms with Crippen LogP contribution in [0.1, 0.15) is 37.0 Å². The zero-order valence-electron chi connectivity index (χ0n) is 8.96. The molecule has 1 rings (SSSR count). The maximum Gasteiger partial charge on any atom is 0.271 e. The largest absolute Gasteiger partial charge is 0.346 e. The van der Waals surface area contributed by atoms with E-state index >= 15 is 0 Å². The molecular weight excluding hydrogens is 178 g/mol. The Bertz CT molecular complexity index is 341. The van der Waals surface area contributed by atoms with E-state index in [1.165, 1.54) is 6.20 Å². The van der Waals surface area contributed by atoms with E-state index in [9.17, 15) is 4.79 Å². The molecule has 14 heavy (non-hydrogen) atoms. The first-order chi connectivity index (χ1) is 6.38. The Morgan fingerprint density at radius 2 is 2.00 bits per heavy atom. The van der Waals surface area contributed by atoms with Crippen LogP contribution < -0.4 is 5.32 Å². The normalized spacial score (nSPS) is 11.1. The average Bonchev–Trinajstić information content (AvgIpc) is 2.01. The molecule has 0 radical (unpaired) electrons. The van der Waals surface area contributed by atoms with Crippen molar-refractivity contribution in [3.8, 4) is 0 Å². The van der Waals surface area contributed by atoms with Gasteiger partial charge in [-0.15, -0.1) is 0 Å². The van der Waals surface area contributed by atoms with Crippen LogP contribution in [0.25, 0.3) is 0 Å². The summed E-state index contributed by atoms with van der Waals surface area (Å²) in [5, 5.41) is 2.82. The summed E-state index contributed by atoms with van der Waals surface area (Å²) in [6, 6.07) is 0. The van der Waals surface area contributed by atoms with E-state index < -0.39 is 0 Å². The lowest BCUT2D eigenvalue weighted by Crippen LogP contribution is -2.41. The summed E-state index contributed by atoms with van der Waals surface area (Å²) in [7, 11) is 0. The highest BCUT2D eigenvalue weighted by molar-refractivity contribution is 5.92. The van der Waals surface area contributed by atoms with E-state index in [0.29, 0.717) is 5.69 Å². The summed E-state index contributed by atoms with van der Waals surface area (Å²) in [6.45, 7) is 7.58. The molecule has 0 unspecified atom stereocenters. The zero-order chi connectivity index (χ0) is 10.8. The molecule has 0 atom stereocenters. The number of carbonyl (C=O) groups is 1. The Kier molecular flexibility index (Phi) is 2.84. The fraction of sp³-hybridized carbons (Fsp3) is 0.500. The second kappa shape index (κ2) is 3.74. The molecule has 76 valence electrons. The van der Waals surface area contributed by atoms with Crippen LogP contribution in [0.3, 0.4) is 0 Å². The quantitative estimate of drug-likeness (QED) is 0.731. The molecule has 0 saturated heterocycles. The lowest BCUT2D eigenvalue weighted by molar-refractivity contribution is 0.0914. The number of aromatic nitrogens is 2. The van der Waals surface area contributed by atoms with Gasteiger partial charge in [-0.1, -0.05) is 0 Å². The number of nitrogens with one attached hydrogen (secondary N) is 1. The Labute approximate surface area is 83.8 Å². The Balaban J connectivity index is 2.80. The maximum atomic E-state index is 11.6. The molecule has 0 bridgehead atoms. The van der Waals surface area contributed by atoms with Gasteiger partial charge in [-0.05, 0) is 27.7 Å². The monoisotopic (exact) mass is 193 g/mol. The van der Waals surface area contributed by atoms with E-state index in [1.54, 1.807) is 13.1 Å². The van der Waals surface area contributed by atoms with Gasteiger partial charge < -0.3 is 5.32 Å². The lowest BCUT2D eigenvalue weighted by Gasteiger charge is -2.19. The standard InChI is InChI=1S/C10H15N3O/c1-7-5-11-6-8(12-7)9(14)13-10(2,3)4/h5-6H,1-4H3,(H,13,14). The van der Waals surface area contributed by atoms with Crippen molar-refractivity contribution in [2.24, 2.45) is 0 Å². The molecular formula is C10H15N3O. The minimum Gasteiger partial charge on any atom is -0.346 e. The minimum atomic E-state index is -0.248. The molecule has 0 saturated carbocycles. The van der Waals surface area contributed by atoms with Crippen LogP contribution in [0.15, 0.2) is 12.4 Å². The van der Waals surface area contributed by atoms with Crippen molar-refractivity contribution < 1.29 is 4.79 Å². The molecule has 1 heterocycles. The molecule has 0 aliphatic carbocycles. The molecule has 1 aromatic rings. The molecule has 0 spiro atoms. The van der Waals surface area contributed by atoms with Crippen molar-refractivity contribution in [3.63, 3.8) is 0 Å². The third-order valence-electron chi connectivity index (χ3n) is 1.48. The topological polar surface area (TPSA) is 54.9 Å². The number of nitrogens with zero attached hydrogens (tertiary/aromatic N) is 2. The third-order valence-corrected chi connectivity index (χ3v) is 1.48. The first kappa shape index (κ1) is 10.6. The molecule has 0 aliphatic rings. The highest BCUT2D eigenvalue weighted by Gasteiger charge is 2.16. The fourth-order valence-corrected chi connectivity index (χ4v) is 0.977. The molecule has 4 nitrogen and oxygen atoms in total. The van der Waals surface area contributed by atoms with Gasteiger partial charge in [-0.25, -0.2) is 4.98 Å². The predicted octanol–water partition coefficient (Wildman–Crippen LogP) is 1.31. The van der Waals surface area contributed by atoms with E-state index in [-0.39, 0.29) is 11.4 Å². The van der Waals surface area contributed by atoms with Crippen LogP contribution in [0.2, 0.25) is 0 Å². The molecule has 1 aromatic heterocycles. The summed E-state index contributed by atoms with van der Waals surface area (Å²) in [5.74, 6) is -0.186. The van der Waals surface area contributed by atoms with Crippen molar-refractivity contribution in [2.75, 3.05) is 0 Å². The number of hydrogen-bond donors (Lipinski definition) is 1. The second-order valence-electron chi connectivity index (χ2n) is 4.25. The van der Waals surface area contributed by atoms with Crippen LogP contribution in [0.5, 0.6) is 0 Å². The molecule has 0 fully saturated rings. The lowest BCUT2D eigenvalue weighted by atomic mass is 10.1. The van der Waals surface area contributed by atoms with Crippen LogP contribution in [0, 0.1) is 6.92 Å². The molecule has 0 aromatic carbocycles. The van der Waals surface area contributed by atoms with Crippen molar-refractivity contribution >= 4 is 5.91 Å². The fourth-order valence-electron chi connectivity index (χ4n) is 0.977. The van der Waals surface area contributed by atoms with E-state index in [2.05, 4.69) is 15.3 Å². The SMILES string of the molecule is Cc1cncc(C(=O)NC(C)(C)C)n1. The van der Waals surface area contributed by atoms with Gasteiger partial charge in [0.15, 0.2) is 0 Å². The summed E-state index contributed by atoms with van der Waals surface area (Å²) in [6.07, 6.45) is 3.09. The van der Waals surface area contributed by atoms with Crippen molar-refractivity contribution in [2.45, 2.75) is 33.2 Å². The number of aryl methyl sites for hydroxylation is 1. The Morgan fingerprint density at radius 1 is 1.36 bits per heavy atom. The number of carbonyl (C=O) groups excluding carboxylic acids is 1. The number of rotatable bonds is 1. The molecule has 4 heteroatoms. The van der Waals surface area contributed by atoms with Gasteiger partial charge in [0.1, 0.15) is 5.69 Å². The maximum absolute atomic E-state index is 11.6. The molecule has 0 aliphatic heterocycles. The summed E-state index contributed by atoms with van der Waals surface area (Å²) >= 11 is 0. The van der Waals surface area contributed by atoms with Gasteiger partial charge in [0.2, 0.25) is 0 Å². The zero-order valence-corrected chi connectivity index (χ0v) is 8.96. The summed E-state index contributed by atoms with van der Waals surface area (Å²) in [4.78, 5) is 19.6. The van der Waals surface area contributed by atoms with Crippen LogP contribution in [-0.2, 0) is 0 Å². The highest BCUT2D eigenvalue weighted by atomic mass is 16.2. The summed E-state index contributed by atoms with van der Waals surface area (Å²) < 4.78 is 0. The molecule has 1 amide bonds. The van der Waals surface area contributed by atoms with Gasteiger partial charge in [0.05, 0.1) is 11.9 Å². The predicted molar refractivity (Wildman–Crippen MR) is 54.0 cm³/mol. The minimum absolute atomic E-state index is 0.186. The Morgan fingerprint density at radius 3 is 2.50 bits per heavy atom. The van der Waals surface area contributed by atoms with Crippen molar-refractivity contribution in [1.29, 1.82) is 0 Å². The van der Waals surface area contributed by atoms with Gasteiger partial charge in [0, 0.05) is 11.7 Å². The average molecular weight is 193 g/mol. The van der Waals surface area contributed by atoms with E-state index in [0.717, 1.165) is 5.69 Å². The highest BCUT2D eigenvalue weighted by Crippen LogP contribution is 2.02. The van der Waals surface area contributed by atoms with Crippen molar-refractivity contribution in [3.05, 3.63) is 23.8 Å². The van der Waals surface area contributed by atoms with Crippen LogP contribution in [-0.4, -0.2) is 21.4 Å². The number of amides is 1. The first-order valence-electron chi connectivity index (χ1n) is 4.50. The third kappa shape index (κ3) is 3.12. The first-order valence-corrected chi connectivity index (χ1v) is 4.50. The number of hydrogen-bond acceptors (Lipinski definition) is 3. The van der Waals surface area contributed by atoms with Gasteiger partial charge in [0.25, 0.3) is 5.91 Å². The van der Waals surface area contributed by atoms with Crippen LogP contribution >= 0.6 is 0 Å². The van der Waals surface area contributed by atoms with E-state index in [4.69, 9.17) is 0 Å². The van der Waals surface area contributed by atoms with Crippen LogP contribution in [0.4, 0.5) is 0 Å². The van der Waals surface area contributed by atoms with Crippen molar-refractivity contribution in [1.82, 2.24) is 15.3 Å². The van der Waals surface area contributed by atoms with Gasteiger partial charge in [-0.2, -0.15) is 0 Å². The summed E-state index contributed by atoms with van der Waals surface area (Å²) in [5.41, 5.74) is 0.856. The van der Waals surface area contributed by atoms with Gasteiger partial charge >= 0.3 is 0 Å². The Hall–Kier alpha value is -1.45.